The van der Waals surface area contributed by atoms with E-state index >= 15 is 0 Å². The molecule has 0 aliphatic carbocycles. The SMILES string of the molecule is CCCC(=O)OOOC(=O)C(CC)C(O)CCO. The van der Waals surface area contributed by atoms with Crippen LogP contribution < -0.4 is 0 Å². The first-order valence-electron chi connectivity index (χ1n) is 5.93. The van der Waals surface area contributed by atoms with E-state index in [4.69, 9.17) is 5.11 Å². The van der Waals surface area contributed by atoms with Crippen molar-refractivity contribution in [2.45, 2.75) is 45.6 Å². The van der Waals surface area contributed by atoms with Gasteiger partial charge >= 0.3 is 11.9 Å². The number of hydrogen-bond acceptors (Lipinski definition) is 7. The molecule has 0 heterocycles. The Bertz CT molecular complexity index is 254. The summed E-state index contributed by atoms with van der Waals surface area (Å²) in [5.41, 5.74) is 0. The first-order chi connectivity index (χ1) is 8.56. The van der Waals surface area contributed by atoms with Crippen LogP contribution in [0.5, 0.6) is 0 Å². The first kappa shape index (κ1) is 16.8. The zero-order valence-corrected chi connectivity index (χ0v) is 10.6. The third-order valence-corrected chi connectivity index (χ3v) is 2.33. The molecule has 106 valence electrons. The smallest absolute Gasteiger partial charge is 0.352 e. The molecule has 7 heteroatoms. The number of aliphatic hydroxyl groups excluding tert-OH is 2. The average molecular weight is 264 g/mol. The maximum atomic E-state index is 11.4. The molecule has 0 bridgehead atoms. The molecule has 0 saturated carbocycles. The van der Waals surface area contributed by atoms with Crippen LogP contribution in [-0.2, 0) is 24.4 Å². The van der Waals surface area contributed by atoms with Gasteiger partial charge < -0.3 is 10.2 Å². The summed E-state index contributed by atoms with van der Waals surface area (Å²) in [7, 11) is 0. The Hall–Kier alpha value is -1.18. The molecule has 18 heavy (non-hydrogen) atoms. The molecule has 0 spiro atoms. The third kappa shape index (κ3) is 6.53. The van der Waals surface area contributed by atoms with Gasteiger partial charge in [-0.3, -0.25) is 9.78 Å². The van der Waals surface area contributed by atoms with Crippen molar-refractivity contribution in [3.05, 3.63) is 0 Å². The van der Waals surface area contributed by atoms with Gasteiger partial charge in [0.05, 0.1) is 12.0 Å². The molecular weight excluding hydrogens is 244 g/mol. The van der Waals surface area contributed by atoms with Crippen LogP contribution in [0.2, 0.25) is 0 Å². The molecule has 2 unspecified atom stereocenters. The molecule has 0 fully saturated rings. The molecule has 0 radical (unpaired) electrons. The van der Waals surface area contributed by atoms with Crippen LogP contribution in [0.25, 0.3) is 0 Å². The summed E-state index contributed by atoms with van der Waals surface area (Å²) < 4.78 is 0. The summed E-state index contributed by atoms with van der Waals surface area (Å²) in [5.74, 6) is -2.32. The largest absolute Gasteiger partial charge is 0.396 e. The van der Waals surface area contributed by atoms with Crippen LogP contribution in [0.4, 0.5) is 0 Å². The van der Waals surface area contributed by atoms with Crippen LogP contribution in [0.1, 0.15) is 39.5 Å². The molecule has 0 aliphatic heterocycles. The van der Waals surface area contributed by atoms with E-state index in [1.54, 1.807) is 13.8 Å². The van der Waals surface area contributed by atoms with Gasteiger partial charge in [-0.15, -0.1) is 0 Å². The minimum absolute atomic E-state index is 0.0588. The molecule has 2 atom stereocenters. The highest BCUT2D eigenvalue weighted by Crippen LogP contribution is 2.14. The Morgan fingerprint density at radius 2 is 1.89 bits per heavy atom. The molecule has 7 nitrogen and oxygen atoms in total. The lowest BCUT2D eigenvalue weighted by atomic mass is 9.98. The van der Waals surface area contributed by atoms with Gasteiger partial charge in [0, 0.05) is 18.1 Å². The zero-order valence-electron chi connectivity index (χ0n) is 10.6. The number of hydrogen-bond donors (Lipinski definition) is 2. The summed E-state index contributed by atoms with van der Waals surface area (Å²) in [5, 5.41) is 22.3. The fourth-order valence-corrected chi connectivity index (χ4v) is 1.33. The summed E-state index contributed by atoms with van der Waals surface area (Å²) >= 11 is 0. The van der Waals surface area contributed by atoms with Crippen LogP contribution in [0, 0.1) is 5.92 Å². The van der Waals surface area contributed by atoms with E-state index in [0.717, 1.165) is 0 Å². The van der Waals surface area contributed by atoms with E-state index in [2.05, 4.69) is 14.8 Å². The van der Waals surface area contributed by atoms with Gasteiger partial charge in [0.25, 0.3) is 0 Å². The Morgan fingerprint density at radius 3 is 2.39 bits per heavy atom. The van der Waals surface area contributed by atoms with Gasteiger partial charge in [-0.1, -0.05) is 13.8 Å². The van der Waals surface area contributed by atoms with Crippen molar-refractivity contribution in [1.82, 2.24) is 0 Å². The highest BCUT2D eigenvalue weighted by molar-refractivity contribution is 5.72. The van der Waals surface area contributed by atoms with Crippen molar-refractivity contribution in [2.75, 3.05) is 6.61 Å². The molecule has 2 N–H and O–H groups in total. The Labute approximate surface area is 105 Å². The van der Waals surface area contributed by atoms with Gasteiger partial charge in [-0.25, -0.2) is 9.59 Å². The van der Waals surface area contributed by atoms with E-state index in [1.165, 1.54) is 0 Å². The monoisotopic (exact) mass is 264 g/mol. The van der Waals surface area contributed by atoms with Crippen LogP contribution >= 0.6 is 0 Å². The molecule has 0 aromatic heterocycles. The summed E-state index contributed by atoms with van der Waals surface area (Å²) in [4.78, 5) is 30.8. The number of carbonyl (C=O) groups excluding carboxylic acids is 2. The molecular formula is C11H20O7. The predicted octanol–water partition coefficient (Wildman–Crippen LogP) is 0.489. The molecule has 0 aromatic carbocycles. The minimum atomic E-state index is -1.03. The Kier molecular flexibility index (Phi) is 9.17. The van der Waals surface area contributed by atoms with Gasteiger partial charge in [-0.05, 0) is 19.3 Å². The van der Waals surface area contributed by atoms with Crippen molar-refractivity contribution in [2.24, 2.45) is 5.92 Å². The fraction of sp³-hybridized carbons (Fsp3) is 0.818. The van der Waals surface area contributed by atoms with Crippen molar-refractivity contribution in [1.29, 1.82) is 0 Å². The van der Waals surface area contributed by atoms with Crippen molar-refractivity contribution in [3.8, 4) is 0 Å². The van der Waals surface area contributed by atoms with E-state index in [1.807, 2.05) is 0 Å². The number of aliphatic hydroxyl groups is 2. The van der Waals surface area contributed by atoms with E-state index in [0.29, 0.717) is 12.8 Å². The Balaban J connectivity index is 4.01. The van der Waals surface area contributed by atoms with E-state index < -0.39 is 24.0 Å². The second-order valence-corrected chi connectivity index (χ2v) is 3.77. The van der Waals surface area contributed by atoms with E-state index in [-0.39, 0.29) is 19.4 Å². The molecule has 0 aromatic rings. The van der Waals surface area contributed by atoms with Crippen molar-refractivity contribution in [3.63, 3.8) is 0 Å². The lowest BCUT2D eigenvalue weighted by molar-refractivity contribution is -0.461. The fourth-order valence-electron chi connectivity index (χ4n) is 1.33. The first-order valence-corrected chi connectivity index (χ1v) is 5.93. The third-order valence-electron chi connectivity index (χ3n) is 2.33. The molecule has 0 saturated heterocycles. The Morgan fingerprint density at radius 1 is 1.22 bits per heavy atom. The topological polar surface area (TPSA) is 102 Å². The highest BCUT2D eigenvalue weighted by Gasteiger charge is 2.27. The lowest BCUT2D eigenvalue weighted by Gasteiger charge is -2.17. The van der Waals surface area contributed by atoms with Gasteiger partial charge in [-0.2, -0.15) is 0 Å². The zero-order chi connectivity index (χ0) is 14.0. The maximum Gasteiger partial charge on any atom is 0.352 e. The van der Waals surface area contributed by atoms with Crippen molar-refractivity contribution >= 4 is 11.9 Å². The summed E-state index contributed by atoms with van der Waals surface area (Å²) in [6, 6.07) is 0. The predicted molar refractivity (Wildman–Crippen MR) is 59.7 cm³/mol. The van der Waals surface area contributed by atoms with Gasteiger partial charge in [0.2, 0.25) is 0 Å². The van der Waals surface area contributed by atoms with Crippen LogP contribution in [0.15, 0.2) is 0 Å². The second-order valence-electron chi connectivity index (χ2n) is 3.77. The highest BCUT2D eigenvalue weighted by atomic mass is 17.5. The minimum Gasteiger partial charge on any atom is -0.396 e. The summed E-state index contributed by atoms with van der Waals surface area (Å²) in [6.45, 7) is 3.22. The van der Waals surface area contributed by atoms with E-state index in [9.17, 15) is 14.7 Å². The molecule has 0 rings (SSSR count). The number of rotatable bonds is 9. The lowest BCUT2D eigenvalue weighted by Crippen LogP contribution is -2.30. The standard InChI is InChI=1S/C11H20O7/c1-3-5-10(14)16-18-17-11(15)8(4-2)9(13)6-7-12/h8-9,12-13H,3-7H2,1-2H3. The molecule has 0 amide bonds. The number of carbonyl (C=O) groups is 2. The maximum absolute atomic E-state index is 11.4. The average Bonchev–Trinajstić information content (AvgIpc) is 2.30. The van der Waals surface area contributed by atoms with Gasteiger partial charge in [0.1, 0.15) is 0 Å². The quantitative estimate of drug-likeness (QED) is 0.461. The van der Waals surface area contributed by atoms with Crippen LogP contribution in [-0.4, -0.2) is 34.9 Å². The van der Waals surface area contributed by atoms with Crippen LogP contribution in [0.3, 0.4) is 0 Å². The summed E-state index contributed by atoms with van der Waals surface area (Å²) in [6.07, 6.45) is 0.0859. The second kappa shape index (κ2) is 9.81. The normalized spacial score (nSPS) is 13.8. The van der Waals surface area contributed by atoms with Crippen molar-refractivity contribution < 1.29 is 34.6 Å². The van der Waals surface area contributed by atoms with Gasteiger partial charge in [0.15, 0.2) is 0 Å². The molecule has 0 aliphatic rings.